The molecule has 2 heterocycles. The summed E-state index contributed by atoms with van der Waals surface area (Å²) in [4.78, 5) is 7.45. The van der Waals surface area contributed by atoms with Crippen LogP contribution < -0.4 is 16.6 Å². The average Bonchev–Trinajstić information content (AvgIpc) is 2.81. The topological polar surface area (TPSA) is 89.0 Å². The summed E-state index contributed by atoms with van der Waals surface area (Å²) in [5.74, 6) is 4.82. The third-order valence-electron chi connectivity index (χ3n) is 1.91. The van der Waals surface area contributed by atoms with E-state index in [0.717, 1.165) is 11.8 Å². The first-order valence-electron chi connectivity index (χ1n) is 4.53. The molecule has 0 unspecified atom stereocenters. The van der Waals surface area contributed by atoms with E-state index in [1.165, 1.54) is 0 Å². The lowest BCUT2D eigenvalue weighted by atomic mass is 10.3. The first-order chi connectivity index (χ1) is 7.79. The Bertz CT molecular complexity index is 459. The van der Waals surface area contributed by atoms with Crippen molar-refractivity contribution in [3.8, 4) is 0 Å². The summed E-state index contributed by atoms with van der Waals surface area (Å²) < 4.78 is 18.1. The third-order valence-corrected chi connectivity index (χ3v) is 1.91. The minimum Gasteiger partial charge on any atom is -0.472 e. The zero-order valence-corrected chi connectivity index (χ0v) is 8.27. The van der Waals surface area contributed by atoms with Crippen LogP contribution in [0.3, 0.4) is 0 Å². The Kier molecular flexibility index (Phi) is 2.97. The summed E-state index contributed by atoms with van der Waals surface area (Å²) in [6, 6.07) is 1.77. The molecule has 0 aliphatic rings. The molecule has 6 nitrogen and oxygen atoms in total. The largest absolute Gasteiger partial charge is 0.472 e. The van der Waals surface area contributed by atoms with E-state index in [-0.39, 0.29) is 11.8 Å². The highest BCUT2D eigenvalue weighted by atomic mass is 19.1. The minimum absolute atomic E-state index is 0.0872. The number of nitrogens with zero attached hydrogens (tertiary/aromatic N) is 2. The van der Waals surface area contributed by atoms with Gasteiger partial charge < -0.3 is 9.73 Å². The number of halogens is 1. The molecule has 0 atom stereocenters. The predicted molar refractivity (Wildman–Crippen MR) is 55.8 cm³/mol. The second-order valence-electron chi connectivity index (χ2n) is 3.02. The molecule has 0 aromatic carbocycles. The van der Waals surface area contributed by atoms with Gasteiger partial charge in [-0.1, -0.05) is 0 Å². The molecule has 0 saturated heterocycles. The molecule has 2 rings (SSSR count). The van der Waals surface area contributed by atoms with Crippen molar-refractivity contribution in [2.45, 2.75) is 6.54 Å². The molecule has 7 heteroatoms. The molecule has 0 bridgehead atoms. The van der Waals surface area contributed by atoms with Gasteiger partial charge in [0.15, 0.2) is 11.6 Å². The minimum atomic E-state index is -0.539. The highest BCUT2D eigenvalue weighted by Gasteiger charge is 2.06. The third kappa shape index (κ3) is 2.26. The molecule has 2 aromatic heterocycles. The molecule has 0 saturated carbocycles. The number of nitrogen functional groups attached to an aromatic ring is 1. The fraction of sp³-hybridized carbons (Fsp3) is 0.111. The number of anilines is 2. The summed E-state index contributed by atoms with van der Waals surface area (Å²) in [5.41, 5.74) is 3.13. The van der Waals surface area contributed by atoms with Crippen LogP contribution in [0.5, 0.6) is 0 Å². The molecule has 0 aliphatic heterocycles. The number of aromatic nitrogens is 2. The monoisotopic (exact) mass is 223 g/mol. The van der Waals surface area contributed by atoms with Gasteiger partial charge in [-0.05, 0) is 6.07 Å². The van der Waals surface area contributed by atoms with Crippen molar-refractivity contribution in [1.82, 2.24) is 9.97 Å². The van der Waals surface area contributed by atoms with Crippen molar-refractivity contribution in [1.29, 1.82) is 0 Å². The van der Waals surface area contributed by atoms with Crippen molar-refractivity contribution in [2.24, 2.45) is 5.84 Å². The Labute approximate surface area is 90.7 Å². The molecule has 0 aliphatic carbocycles. The van der Waals surface area contributed by atoms with Gasteiger partial charge in [0.05, 0.1) is 18.7 Å². The number of hydrogen-bond donors (Lipinski definition) is 3. The summed E-state index contributed by atoms with van der Waals surface area (Å²) in [7, 11) is 0. The number of hydrazine groups is 1. The van der Waals surface area contributed by atoms with Crippen molar-refractivity contribution in [3.63, 3.8) is 0 Å². The van der Waals surface area contributed by atoms with E-state index in [4.69, 9.17) is 10.3 Å². The van der Waals surface area contributed by atoms with E-state index < -0.39 is 5.82 Å². The first-order valence-corrected chi connectivity index (χ1v) is 4.53. The molecule has 4 N–H and O–H groups in total. The van der Waals surface area contributed by atoms with E-state index >= 15 is 0 Å². The fourth-order valence-corrected chi connectivity index (χ4v) is 1.14. The quantitative estimate of drug-likeness (QED) is 0.531. The van der Waals surface area contributed by atoms with Gasteiger partial charge in [0.25, 0.3) is 0 Å². The van der Waals surface area contributed by atoms with Crippen molar-refractivity contribution >= 4 is 11.8 Å². The van der Waals surface area contributed by atoms with Crippen LogP contribution in [0.4, 0.5) is 16.2 Å². The number of rotatable bonds is 4. The molecule has 16 heavy (non-hydrogen) atoms. The Morgan fingerprint density at radius 2 is 2.38 bits per heavy atom. The van der Waals surface area contributed by atoms with Crippen molar-refractivity contribution in [2.75, 3.05) is 10.7 Å². The lowest BCUT2D eigenvalue weighted by Crippen LogP contribution is -2.12. The standard InChI is InChI=1S/C9H10FN5O/c10-7-4-13-9(15-11)14-8(7)12-3-6-1-2-16-5-6/h1-2,4-5H,3,11H2,(H2,12,13,14,15). The van der Waals surface area contributed by atoms with E-state index in [2.05, 4.69) is 20.7 Å². The van der Waals surface area contributed by atoms with Gasteiger partial charge in [-0.3, -0.25) is 5.43 Å². The Hall–Kier alpha value is -2.15. The van der Waals surface area contributed by atoms with E-state index in [1.807, 2.05) is 0 Å². The van der Waals surface area contributed by atoms with Gasteiger partial charge in [-0.15, -0.1) is 0 Å². The van der Waals surface area contributed by atoms with Crippen LogP contribution in [0.1, 0.15) is 5.56 Å². The second kappa shape index (κ2) is 4.58. The summed E-state index contributed by atoms with van der Waals surface area (Å²) in [6.45, 7) is 0.411. The zero-order valence-electron chi connectivity index (χ0n) is 8.27. The van der Waals surface area contributed by atoms with Crippen LogP contribution in [0.25, 0.3) is 0 Å². The van der Waals surface area contributed by atoms with Crippen LogP contribution in [-0.4, -0.2) is 9.97 Å². The highest BCUT2D eigenvalue weighted by Crippen LogP contribution is 2.12. The molecular formula is C9H10FN5O. The molecular weight excluding hydrogens is 213 g/mol. The lowest BCUT2D eigenvalue weighted by Gasteiger charge is -2.06. The van der Waals surface area contributed by atoms with Crippen LogP contribution in [-0.2, 0) is 6.54 Å². The fourth-order valence-electron chi connectivity index (χ4n) is 1.14. The van der Waals surface area contributed by atoms with Gasteiger partial charge in [-0.25, -0.2) is 15.2 Å². The maximum absolute atomic E-state index is 13.3. The normalized spacial score (nSPS) is 10.1. The van der Waals surface area contributed by atoms with Crippen LogP contribution >= 0.6 is 0 Å². The Balaban J connectivity index is 2.08. The molecule has 0 spiro atoms. The Morgan fingerprint density at radius 3 is 3.06 bits per heavy atom. The van der Waals surface area contributed by atoms with Gasteiger partial charge >= 0.3 is 0 Å². The van der Waals surface area contributed by atoms with Crippen LogP contribution in [0.15, 0.2) is 29.2 Å². The second-order valence-corrected chi connectivity index (χ2v) is 3.02. The maximum Gasteiger partial charge on any atom is 0.239 e. The SMILES string of the molecule is NNc1ncc(F)c(NCc2ccoc2)n1. The maximum atomic E-state index is 13.3. The smallest absolute Gasteiger partial charge is 0.239 e. The van der Waals surface area contributed by atoms with Crippen molar-refractivity contribution < 1.29 is 8.81 Å². The predicted octanol–water partition coefficient (Wildman–Crippen LogP) is 1.11. The molecule has 0 radical (unpaired) electrons. The zero-order chi connectivity index (χ0) is 11.4. The lowest BCUT2D eigenvalue weighted by molar-refractivity contribution is 0.564. The molecule has 0 amide bonds. The number of nitrogens with one attached hydrogen (secondary N) is 2. The number of furan rings is 1. The summed E-state index contributed by atoms with van der Waals surface area (Å²) in [6.07, 6.45) is 4.15. The van der Waals surface area contributed by atoms with E-state index in [0.29, 0.717) is 6.54 Å². The molecule has 0 fully saturated rings. The van der Waals surface area contributed by atoms with Crippen LogP contribution in [0.2, 0.25) is 0 Å². The summed E-state index contributed by atoms with van der Waals surface area (Å²) in [5, 5.41) is 2.81. The first kappa shape index (κ1) is 10.4. The van der Waals surface area contributed by atoms with Crippen molar-refractivity contribution in [3.05, 3.63) is 36.2 Å². The molecule has 84 valence electrons. The van der Waals surface area contributed by atoms with Gasteiger partial charge in [0, 0.05) is 12.1 Å². The highest BCUT2D eigenvalue weighted by molar-refractivity contribution is 5.40. The molecule has 2 aromatic rings. The van der Waals surface area contributed by atoms with Crippen LogP contribution in [0, 0.1) is 5.82 Å². The van der Waals surface area contributed by atoms with Gasteiger partial charge in [-0.2, -0.15) is 4.98 Å². The average molecular weight is 223 g/mol. The Morgan fingerprint density at radius 1 is 1.50 bits per heavy atom. The summed E-state index contributed by atoms with van der Waals surface area (Å²) >= 11 is 0. The van der Waals surface area contributed by atoms with Gasteiger partial charge in [0.1, 0.15) is 0 Å². The number of hydrogen-bond acceptors (Lipinski definition) is 6. The van der Waals surface area contributed by atoms with Gasteiger partial charge in [0.2, 0.25) is 5.95 Å². The number of nitrogens with two attached hydrogens (primary N) is 1. The van der Waals surface area contributed by atoms with E-state index in [1.54, 1.807) is 18.6 Å². The van der Waals surface area contributed by atoms with E-state index in [9.17, 15) is 4.39 Å².